The minimum Gasteiger partial charge on any atom is -0.481 e. The first-order valence-corrected chi connectivity index (χ1v) is 10.5. The summed E-state index contributed by atoms with van der Waals surface area (Å²) < 4.78 is 6.05. The Balaban J connectivity index is 1.48. The zero-order valence-electron chi connectivity index (χ0n) is 16.5. The highest BCUT2D eigenvalue weighted by Gasteiger charge is 2.23. The van der Waals surface area contributed by atoms with E-state index in [2.05, 4.69) is 0 Å². The Hall–Kier alpha value is -2.88. The molecule has 4 heteroatoms. The number of carbonyl (C=O) groups excluding carboxylic acids is 1. The van der Waals surface area contributed by atoms with Gasteiger partial charge in [0.25, 0.3) is 0 Å². The fourth-order valence-electron chi connectivity index (χ4n) is 4.25. The predicted octanol–water partition coefficient (Wildman–Crippen LogP) is 5.61. The molecular weight excluding hydrogens is 364 g/mol. The molecule has 0 amide bonds. The third kappa shape index (κ3) is 4.42. The number of hydrogen-bond donors (Lipinski definition) is 1. The van der Waals surface area contributed by atoms with Crippen molar-refractivity contribution in [1.29, 1.82) is 0 Å². The summed E-state index contributed by atoms with van der Waals surface area (Å²) in [4.78, 5) is 24.5. The standard InChI is InChI=1S/C25H26O4/c26-22(15-19(25(27)28)12-11-17-7-3-1-4-8-17)18-13-14-21-20-9-5-2-6-10-23(20)29-24(21)16-18/h1,3-4,7-8,13-14,16,19H,2,5-6,9-12,15H2,(H,27,28)/t19-/m0/s1. The molecule has 0 saturated heterocycles. The number of fused-ring (bicyclic) bond motifs is 3. The molecule has 1 N–H and O–H groups in total. The van der Waals surface area contributed by atoms with Crippen molar-refractivity contribution in [2.45, 2.75) is 51.4 Å². The molecule has 3 aromatic rings. The van der Waals surface area contributed by atoms with Crippen LogP contribution in [0.25, 0.3) is 11.0 Å². The Kier molecular flexibility index (Phi) is 5.79. The van der Waals surface area contributed by atoms with Gasteiger partial charge < -0.3 is 9.52 Å². The second-order valence-corrected chi connectivity index (χ2v) is 7.96. The van der Waals surface area contributed by atoms with E-state index < -0.39 is 11.9 Å². The number of hydrogen-bond acceptors (Lipinski definition) is 3. The second kappa shape index (κ2) is 8.64. The van der Waals surface area contributed by atoms with Crippen LogP contribution in [0, 0.1) is 5.92 Å². The molecule has 29 heavy (non-hydrogen) atoms. The third-order valence-electron chi connectivity index (χ3n) is 5.93. The highest BCUT2D eigenvalue weighted by atomic mass is 16.4. The second-order valence-electron chi connectivity index (χ2n) is 7.96. The van der Waals surface area contributed by atoms with Crippen molar-refractivity contribution in [3.63, 3.8) is 0 Å². The van der Waals surface area contributed by atoms with Crippen LogP contribution in [0.1, 0.15) is 59.3 Å². The number of furan rings is 1. The van der Waals surface area contributed by atoms with Crippen LogP contribution in [0.5, 0.6) is 0 Å². The SMILES string of the molecule is O=C(C[C@H](CCc1ccccc1)C(=O)O)c1ccc2c3c(oc2c1)CCCCC3. The van der Waals surface area contributed by atoms with Gasteiger partial charge in [-0.25, -0.2) is 0 Å². The van der Waals surface area contributed by atoms with Crippen molar-refractivity contribution in [1.82, 2.24) is 0 Å². The van der Waals surface area contributed by atoms with E-state index in [1.54, 1.807) is 6.07 Å². The Bertz CT molecular complexity index is 1020. The van der Waals surface area contributed by atoms with Crippen LogP contribution in [0.15, 0.2) is 52.9 Å². The van der Waals surface area contributed by atoms with Crippen molar-refractivity contribution < 1.29 is 19.1 Å². The maximum absolute atomic E-state index is 12.8. The minimum atomic E-state index is -0.917. The molecule has 4 rings (SSSR count). The van der Waals surface area contributed by atoms with Crippen LogP contribution in [-0.2, 0) is 24.1 Å². The van der Waals surface area contributed by atoms with Crippen molar-refractivity contribution in [3.8, 4) is 0 Å². The zero-order chi connectivity index (χ0) is 20.2. The highest BCUT2D eigenvalue weighted by molar-refractivity contribution is 6.01. The summed E-state index contributed by atoms with van der Waals surface area (Å²) in [6, 6.07) is 15.4. The fourth-order valence-corrected chi connectivity index (χ4v) is 4.25. The van der Waals surface area contributed by atoms with Gasteiger partial charge in [0.1, 0.15) is 11.3 Å². The molecule has 150 valence electrons. The van der Waals surface area contributed by atoms with Gasteiger partial charge in [-0.15, -0.1) is 0 Å². The normalized spacial score (nSPS) is 14.9. The first-order valence-electron chi connectivity index (χ1n) is 10.5. The van der Waals surface area contributed by atoms with Crippen molar-refractivity contribution in [3.05, 3.63) is 71.0 Å². The predicted molar refractivity (Wildman–Crippen MR) is 112 cm³/mol. The Morgan fingerprint density at radius 3 is 2.59 bits per heavy atom. The molecule has 0 bridgehead atoms. The highest BCUT2D eigenvalue weighted by Crippen LogP contribution is 2.32. The van der Waals surface area contributed by atoms with Gasteiger partial charge in [0.05, 0.1) is 5.92 Å². The number of Topliss-reactive ketones (excluding diaryl/α,β-unsaturated/α-hetero) is 1. The van der Waals surface area contributed by atoms with Crippen molar-refractivity contribution in [2.24, 2.45) is 5.92 Å². The average Bonchev–Trinajstić information content (AvgIpc) is 2.91. The summed E-state index contributed by atoms with van der Waals surface area (Å²) in [5.74, 6) is -0.695. The van der Waals surface area contributed by atoms with Crippen LogP contribution in [0.2, 0.25) is 0 Å². The molecule has 1 aromatic heterocycles. The van der Waals surface area contributed by atoms with Gasteiger partial charge in [0, 0.05) is 29.4 Å². The molecule has 4 nitrogen and oxygen atoms in total. The largest absolute Gasteiger partial charge is 0.481 e. The fraction of sp³-hybridized carbons (Fsp3) is 0.360. The molecule has 0 saturated carbocycles. The number of aryl methyl sites for hydroxylation is 3. The molecule has 0 fully saturated rings. The first-order chi connectivity index (χ1) is 14.1. The number of carbonyl (C=O) groups is 2. The third-order valence-corrected chi connectivity index (χ3v) is 5.93. The van der Waals surface area contributed by atoms with Gasteiger partial charge >= 0.3 is 5.97 Å². The molecule has 0 aliphatic heterocycles. The Morgan fingerprint density at radius 2 is 1.79 bits per heavy atom. The van der Waals surface area contributed by atoms with Gasteiger partial charge in [-0.05, 0) is 43.7 Å². The van der Waals surface area contributed by atoms with Gasteiger partial charge in [0.15, 0.2) is 5.78 Å². The lowest BCUT2D eigenvalue weighted by atomic mass is 9.92. The van der Waals surface area contributed by atoms with Crippen molar-refractivity contribution in [2.75, 3.05) is 0 Å². The van der Waals surface area contributed by atoms with Gasteiger partial charge in [-0.1, -0.05) is 48.9 Å². The summed E-state index contributed by atoms with van der Waals surface area (Å²) in [6.45, 7) is 0. The molecule has 0 radical (unpaired) electrons. The summed E-state index contributed by atoms with van der Waals surface area (Å²) in [5, 5.41) is 10.7. The summed E-state index contributed by atoms with van der Waals surface area (Å²) in [7, 11) is 0. The number of rotatable bonds is 7. The molecule has 1 heterocycles. The summed E-state index contributed by atoms with van der Waals surface area (Å²) in [6.07, 6.45) is 6.61. The van der Waals surface area contributed by atoms with Crippen LogP contribution in [0.4, 0.5) is 0 Å². The quantitative estimate of drug-likeness (QED) is 0.421. The lowest BCUT2D eigenvalue weighted by Crippen LogP contribution is -2.19. The van der Waals surface area contributed by atoms with E-state index in [1.807, 2.05) is 42.5 Å². The van der Waals surface area contributed by atoms with E-state index >= 15 is 0 Å². The molecule has 0 unspecified atom stereocenters. The number of carboxylic acids is 1. The summed E-state index contributed by atoms with van der Waals surface area (Å²) >= 11 is 0. The van der Waals surface area contributed by atoms with E-state index in [0.717, 1.165) is 41.6 Å². The topological polar surface area (TPSA) is 67.5 Å². The molecule has 1 atom stereocenters. The molecule has 1 aliphatic rings. The van der Waals surface area contributed by atoms with Gasteiger partial charge in [0.2, 0.25) is 0 Å². The maximum atomic E-state index is 12.8. The maximum Gasteiger partial charge on any atom is 0.306 e. The smallest absolute Gasteiger partial charge is 0.306 e. The lowest BCUT2D eigenvalue weighted by Gasteiger charge is -2.12. The average molecular weight is 390 g/mol. The minimum absolute atomic E-state index is 0.00803. The Labute approximate surface area is 170 Å². The first kappa shape index (κ1) is 19.4. The molecular formula is C25H26O4. The van der Waals surface area contributed by atoms with E-state index in [1.165, 1.54) is 18.4 Å². The molecule has 1 aliphatic carbocycles. The van der Waals surface area contributed by atoms with Crippen LogP contribution >= 0.6 is 0 Å². The van der Waals surface area contributed by atoms with Crippen molar-refractivity contribution >= 4 is 22.7 Å². The number of aliphatic carboxylic acids is 1. The Morgan fingerprint density at radius 1 is 1.00 bits per heavy atom. The van der Waals surface area contributed by atoms with E-state index in [0.29, 0.717) is 18.4 Å². The van der Waals surface area contributed by atoms with Crippen LogP contribution in [0.3, 0.4) is 0 Å². The lowest BCUT2D eigenvalue weighted by molar-refractivity contribution is -0.141. The van der Waals surface area contributed by atoms with Crippen LogP contribution in [-0.4, -0.2) is 16.9 Å². The van der Waals surface area contributed by atoms with Crippen LogP contribution < -0.4 is 0 Å². The monoisotopic (exact) mass is 390 g/mol. The van der Waals surface area contributed by atoms with E-state index in [4.69, 9.17) is 4.42 Å². The summed E-state index contributed by atoms with van der Waals surface area (Å²) in [5.41, 5.74) is 3.65. The molecule has 2 aromatic carbocycles. The van der Waals surface area contributed by atoms with E-state index in [9.17, 15) is 14.7 Å². The van der Waals surface area contributed by atoms with E-state index in [-0.39, 0.29) is 12.2 Å². The molecule has 0 spiro atoms. The number of carboxylic acid groups (broad SMARTS) is 1. The number of benzene rings is 2. The number of ketones is 1. The zero-order valence-corrected chi connectivity index (χ0v) is 16.5. The van der Waals surface area contributed by atoms with Gasteiger partial charge in [-0.3, -0.25) is 9.59 Å². The van der Waals surface area contributed by atoms with Gasteiger partial charge in [-0.2, -0.15) is 0 Å².